The Morgan fingerprint density at radius 1 is 0.477 bits per heavy atom. The second-order valence-corrected chi connectivity index (χ2v) is 18.4. The molecule has 0 saturated carbocycles. The third-order valence-corrected chi connectivity index (χ3v) is 13.3. The van der Waals surface area contributed by atoms with Crippen LogP contribution in [0.25, 0.3) is 0 Å². The standard InChI is InChI=1S/C55H70O9S/c1-3-5-7-9-11-13-15-29-39-46(40-30-16-14-12-10-8-6-4-2)65-55-50(63-54(59)45-37-27-20-28-38-45)49(62-53(58)44-35-25-19-26-36-44)48(64-55)47(61-52(57)43-33-23-18-24-34-43)41-60-51(56)42-31-21-17-22-32-42/h17-28,31-38,46-50,55H,3-16,29-30,39-41H2,1-2H3/t47-,48+,49+,50-,55+/m1/s1. The third kappa shape index (κ3) is 17.8. The van der Waals surface area contributed by atoms with Crippen molar-refractivity contribution >= 4 is 35.6 Å². The van der Waals surface area contributed by atoms with Gasteiger partial charge in [0.05, 0.1) is 22.3 Å². The average Bonchev–Trinajstić information content (AvgIpc) is 3.67. The van der Waals surface area contributed by atoms with Gasteiger partial charge in [-0.25, -0.2) is 19.2 Å². The molecule has 65 heavy (non-hydrogen) atoms. The molecule has 0 radical (unpaired) electrons. The molecule has 10 heteroatoms. The molecule has 0 aromatic heterocycles. The molecular formula is C55H70O9S. The molecule has 0 N–H and O–H groups in total. The lowest BCUT2D eigenvalue weighted by Gasteiger charge is -2.28. The Bertz CT molecular complexity index is 1930. The molecule has 4 aromatic rings. The summed E-state index contributed by atoms with van der Waals surface area (Å²) < 4.78 is 31.7. The normalized spacial score (nSPS) is 17.3. The van der Waals surface area contributed by atoms with Crippen LogP contribution in [0.4, 0.5) is 0 Å². The highest BCUT2D eigenvalue weighted by Crippen LogP contribution is 2.41. The van der Waals surface area contributed by atoms with Crippen LogP contribution in [0.15, 0.2) is 121 Å². The fourth-order valence-electron chi connectivity index (χ4n) is 8.12. The number of hydrogen-bond acceptors (Lipinski definition) is 10. The topological polar surface area (TPSA) is 114 Å². The summed E-state index contributed by atoms with van der Waals surface area (Å²) in [5, 5.41) is 0.142. The maximum Gasteiger partial charge on any atom is 0.338 e. The number of thioether (sulfide) groups is 1. The van der Waals surface area contributed by atoms with Crippen molar-refractivity contribution in [2.24, 2.45) is 0 Å². The van der Waals surface area contributed by atoms with E-state index in [4.69, 9.17) is 23.7 Å². The van der Waals surface area contributed by atoms with E-state index in [1.54, 1.807) is 127 Å². The summed E-state index contributed by atoms with van der Waals surface area (Å²) in [5.74, 6) is -2.59. The summed E-state index contributed by atoms with van der Waals surface area (Å²) in [4.78, 5) is 55.3. The van der Waals surface area contributed by atoms with Crippen molar-refractivity contribution in [3.8, 4) is 0 Å². The summed E-state index contributed by atoms with van der Waals surface area (Å²) in [6, 6.07) is 34.2. The van der Waals surface area contributed by atoms with Gasteiger partial charge in [-0.2, -0.15) is 0 Å². The van der Waals surface area contributed by atoms with Gasteiger partial charge in [0.2, 0.25) is 0 Å². The van der Waals surface area contributed by atoms with E-state index in [2.05, 4.69) is 13.8 Å². The number of carbonyl (C=O) groups is 4. The molecule has 0 bridgehead atoms. The molecule has 4 aromatic carbocycles. The molecule has 0 spiro atoms. The van der Waals surface area contributed by atoms with Crippen LogP contribution in [0.3, 0.4) is 0 Å². The second kappa shape index (κ2) is 29.6. The first-order valence-electron chi connectivity index (χ1n) is 24.2. The second-order valence-electron chi connectivity index (χ2n) is 17.0. The van der Waals surface area contributed by atoms with Gasteiger partial charge in [0.1, 0.15) is 18.1 Å². The molecule has 5 atom stereocenters. The van der Waals surface area contributed by atoms with Crippen LogP contribution in [-0.4, -0.2) is 65.6 Å². The van der Waals surface area contributed by atoms with Crippen molar-refractivity contribution in [2.45, 2.75) is 165 Å². The van der Waals surface area contributed by atoms with E-state index in [0.29, 0.717) is 11.1 Å². The van der Waals surface area contributed by atoms with Crippen molar-refractivity contribution in [3.63, 3.8) is 0 Å². The Morgan fingerprint density at radius 3 is 1.28 bits per heavy atom. The van der Waals surface area contributed by atoms with Gasteiger partial charge in [0.15, 0.2) is 18.3 Å². The molecule has 0 unspecified atom stereocenters. The lowest BCUT2D eigenvalue weighted by molar-refractivity contribution is -0.0899. The summed E-state index contributed by atoms with van der Waals surface area (Å²) in [5.41, 5.74) is 0.374. The molecule has 1 saturated heterocycles. The van der Waals surface area contributed by atoms with E-state index in [1.165, 1.54) is 77.0 Å². The van der Waals surface area contributed by atoms with Gasteiger partial charge in [-0.3, -0.25) is 0 Å². The zero-order chi connectivity index (χ0) is 45.9. The van der Waals surface area contributed by atoms with Crippen LogP contribution < -0.4 is 0 Å². The monoisotopic (exact) mass is 906 g/mol. The highest BCUT2D eigenvalue weighted by Gasteiger charge is 2.54. The summed E-state index contributed by atoms with van der Waals surface area (Å²) >= 11 is 1.59. The SMILES string of the molecule is CCCCCCCCCCC(CCCCCCCCCC)S[C@@H]1O[C@@H]([C@@H](COC(=O)c2ccccc2)OC(=O)c2ccccc2)[C@H](OC(=O)c2ccccc2)[C@H]1OC(=O)c1ccccc1. The lowest BCUT2D eigenvalue weighted by atomic mass is 10.0. The zero-order valence-electron chi connectivity index (χ0n) is 38.5. The first kappa shape index (κ1) is 51.1. The molecular weight excluding hydrogens is 837 g/mol. The summed E-state index contributed by atoms with van der Waals surface area (Å²) in [6.45, 7) is 4.05. The number of carbonyl (C=O) groups excluding carboxylic acids is 4. The van der Waals surface area contributed by atoms with Crippen molar-refractivity contribution < 1.29 is 42.9 Å². The molecule has 1 fully saturated rings. The van der Waals surface area contributed by atoms with Crippen LogP contribution in [0.2, 0.25) is 0 Å². The van der Waals surface area contributed by atoms with E-state index in [-0.39, 0.29) is 16.4 Å². The summed E-state index contributed by atoms with van der Waals surface area (Å²) in [6.07, 6.45) is 16.3. The molecule has 5 rings (SSSR count). The molecule has 1 heterocycles. The number of benzene rings is 4. The first-order chi connectivity index (χ1) is 31.9. The Balaban J connectivity index is 1.47. The van der Waals surface area contributed by atoms with Crippen molar-refractivity contribution in [1.82, 2.24) is 0 Å². The predicted octanol–water partition coefficient (Wildman–Crippen LogP) is 13.4. The highest BCUT2D eigenvalue weighted by atomic mass is 32.2. The smallest absolute Gasteiger partial charge is 0.338 e. The number of unbranched alkanes of at least 4 members (excludes halogenated alkanes) is 14. The molecule has 1 aliphatic heterocycles. The molecule has 0 amide bonds. The molecule has 9 nitrogen and oxygen atoms in total. The van der Waals surface area contributed by atoms with Gasteiger partial charge in [0.25, 0.3) is 0 Å². The predicted molar refractivity (Wildman–Crippen MR) is 258 cm³/mol. The van der Waals surface area contributed by atoms with Gasteiger partial charge < -0.3 is 23.7 Å². The van der Waals surface area contributed by atoms with Crippen LogP contribution >= 0.6 is 11.8 Å². The number of rotatable bonds is 30. The van der Waals surface area contributed by atoms with Gasteiger partial charge in [-0.1, -0.05) is 189 Å². The van der Waals surface area contributed by atoms with Crippen molar-refractivity contribution in [2.75, 3.05) is 6.61 Å². The molecule has 1 aliphatic rings. The maximum atomic E-state index is 14.0. The fourth-order valence-corrected chi connectivity index (χ4v) is 9.66. The Labute approximate surface area is 391 Å². The van der Waals surface area contributed by atoms with Gasteiger partial charge in [0, 0.05) is 5.25 Å². The van der Waals surface area contributed by atoms with Gasteiger partial charge in [-0.05, 0) is 61.4 Å². The molecule has 350 valence electrons. The minimum absolute atomic E-state index is 0.142. The third-order valence-electron chi connectivity index (χ3n) is 11.8. The minimum atomic E-state index is -1.27. The Kier molecular flexibility index (Phi) is 23.2. The Hall–Kier alpha value is -4.93. The van der Waals surface area contributed by atoms with E-state index in [0.717, 1.165) is 38.5 Å². The van der Waals surface area contributed by atoms with Crippen LogP contribution in [0.5, 0.6) is 0 Å². The lowest BCUT2D eigenvalue weighted by Crippen LogP contribution is -2.47. The van der Waals surface area contributed by atoms with Crippen molar-refractivity contribution in [3.05, 3.63) is 144 Å². The number of hydrogen-bond donors (Lipinski definition) is 0. The van der Waals surface area contributed by atoms with Crippen LogP contribution in [0.1, 0.15) is 171 Å². The fraction of sp³-hybridized carbons (Fsp3) is 0.491. The first-order valence-corrected chi connectivity index (χ1v) is 25.1. The quantitative estimate of drug-likeness (QED) is 0.0285. The van der Waals surface area contributed by atoms with E-state index in [1.807, 2.05) is 6.07 Å². The zero-order valence-corrected chi connectivity index (χ0v) is 39.3. The van der Waals surface area contributed by atoms with Gasteiger partial charge in [-0.15, -0.1) is 11.8 Å². The minimum Gasteiger partial charge on any atom is -0.458 e. The number of esters is 4. The van der Waals surface area contributed by atoms with E-state index >= 15 is 0 Å². The highest BCUT2D eigenvalue weighted by molar-refractivity contribution is 8.00. The van der Waals surface area contributed by atoms with E-state index < -0.39 is 60.3 Å². The Morgan fingerprint density at radius 2 is 0.846 bits per heavy atom. The number of ether oxygens (including phenoxy) is 5. The van der Waals surface area contributed by atoms with Crippen LogP contribution in [0, 0.1) is 0 Å². The van der Waals surface area contributed by atoms with Crippen LogP contribution in [-0.2, 0) is 23.7 Å². The molecule has 0 aliphatic carbocycles. The van der Waals surface area contributed by atoms with Gasteiger partial charge >= 0.3 is 23.9 Å². The largest absolute Gasteiger partial charge is 0.458 e. The maximum absolute atomic E-state index is 14.0. The van der Waals surface area contributed by atoms with Crippen molar-refractivity contribution in [1.29, 1.82) is 0 Å². The average molecular weight is 907 g/mol. The summed E-state index contributed by atoms with van der Waals surface area (Å²) in [7, 11) is 0. The van der Waals surface area contributed by atoms with E-state index in [9.17, 15) is 19.2 Å².